The number of aliphatic hydroxyl groups excluding tert-OH is 1. The Bertz CT molecular complexity index is 594. The maximum atomic E-state index is 10.3. The highest BCUT2D eigenvalue weighted by molar-refractivity contribution is 5.38. The lowest BCUT2D eigenvalue weighted by atomic mass is 9.75. The van der Waals surface area contributed by atoms with Crippen LogP contribution in [0.3, 0.4) is 0 Å². The summed E-state index contributed by atoms with van der Waals surface area (Å²) in [6.45, 7) is 7.38. The average molecular weight is 259 g/mol. The summed E-state index contributed by atoms with van der Waals surface area (Å²) in [7, 11) is 0. The Morgan fingerprint density at radius 2 is 2.26 bits per heavy atom. The van der Waals surface area contributed by atoms with Crippen molar-refractivity contribution in [3.63, 3.8) is 0 Å². The normalized spacial score (nSPS) is 21.4. The van der Waals surface area contributed by atoms with Crippen molar-refractivity contribution in [2.24, 2.45) is 5.41 Å². The summed E-state index contributed by atoms with van der Waals surface area (Å²) >= 11 is 0. The Hall–Kier alpha value is -1.55. The Morgan fingerprint density at radius 1 is 1.47 bits per heavy atom. The molecular weight excluding hydrogens is 238 g/mol. The fourth-order valence-corrected chi connectivity index (χ4v) is 3.02. The first-order chi connectivity index (χ1) is 9.00. The van der Waals surface area contributed by atoms with E-state index in [1.165, 1.54) is 5.69 Å². The zero-order chi connectivity index (χ0) is 13.6. The van der Waals surface area contributed by atoms with Gasteiger partial charge in [-0.05, 0) is 31.2 Å². The number of hydrogen-bond acceptors (Lipinski definition) is 2. The second kappa shape index (κ2) is 4.23. The van der Waals surface area contributed by atoms with E-state index >= 15 is 0 Å². The molecule has 0 aliphatic heterocycles. The van der Waals surface area contributed by atoms with Gasteiger partial charge in [0.15, 0.2) is 0 Å². The van der Waals surface area contributed by atoms with Crippen LogP contribution in [-0.2, 0) is 13.0 Å². The van der Waals surface area contributed by atoms with Crippen LogP contribution in [0, 0.1) is 5.41 Å². The molecule has 1 N–H and O–H groups in total. The number of rotatable bonds is 2. The number of hydrogen-bond donors (Lipinski definition) is 1. The molecule has 4 nitrogen and oxygen atoms in total. The van der Waals surface area contributed by atoms with E-state index in [0.29, 0.717) is 0 Å². The molecule has 0 amide bonds. The third kappa shape index (κ3) is 2.10. The molecule has 2 aromatic rings. The van der Waals surface area contributed by atoms with Crippen molar-refractivity contribution in [1.29, 1.82) is 0 Å². The molecule has 4 heteroatoms. The number of aryl methyl sites for hydroxylation is 1. The van der Waals surface area contributed by atoms with E-state index in [2.05, 4.69) is 30.4 Å². The lowest BCUT2D eigenvalue weighted by Crippen LogP contribution is -2.26. The SMILES string of the molecule is CCn1cc(-n2ccc3c2CC(C)(C)CC3O)cn1. The van der Waals surface area contributed by atoms with E-state index in [4.69, 9.17) is 0 Å². The molecule has 102 valence electrons. The highest BCUT2D eigenvalue weighted by atomic mass is 16.3. The van der Waals surface area contributed by atoms with Crippen molar-refractivity contribution in [2.75, 3.05) is 0 Å². The van der Waals surface area contributed by atoms with Crippen molar-refractivity contribution in [2.45, 2.75) is 46.3 Å². The van der Waals surface area contributed by atoms with Crippen LogP contribution >= 0.6 is 0 Å². The van der Waals surface area contributed by atoms with Crippen LogP contribution in [0.1, 0.15) is 44.6 Å². The molecule has 19 heavy (non-hydrogen) atoms. The van der Waals surface area contributed by atoms with Gasteiger partial charge in [0.2, 0.25) is 0 Å². The second-order valence-electron chi connectivity index (χ2n) is 6.20. The van der Waals surface area contributed by atoms with E-state index in [1.54, 1.807) is 0 Å². The van der Waals surface area contributed by atoms with Gasteiger partial charge in [-0.15, -0.1) is 0 Å². The minimum absolute atomic E-state index is 0.142. The predicted molar refractivity (Wildman–Crippen MR) is 74.3 cm³/mol. The van der Waals surface area contributed by atoms with Gasteiger partial charge in [-0.3, -0.25) is 4.68 Å². The van der Waals surface area contributed by atoms with Gasteiger partial charge in [0.1, 0.15) is 0 Å². The molecule has 1 aliphatic carbocycles. The standard InChI is InChI=1S/C15H21N3O/c1-4-17-10-11(9-16-17)18-6-5-12-13(18)7-15(2,3)8-14(12)19/h5-6,9-10,14,19H,4,7-8H2,1-3H3. The maximum Gasteiger partial charge on any atom is 0.0835 e. The first-order valence-corrected chi connectivity index (χ1v) is 6.91. The average Bonchev–Trinajstić information content (AvgIpc) is 2.92. The summed E-state index contributed by atoms with van der Waals surface area (Å²) < 4.78 is 4.09. The molecule has 0 radical (unpaired) electrons. The maximum absolute atomic E-state index is 10.3. The minimum atomic E-state index is -0.346. The lowest BCUT2D eigenvalue weighted by Gasteiger charge is -2.33. The Kier molecular flexibility index (Phi) is 2.78. The third-order valence-corrected chi connectivity index (χ3v) is 4.00. The van der Waals surface area contributed by atoms with Crippen molar-refractivity contribution >= 4 is 0 Å². The zero-order valence-corrected chi connectivity index (χ0v) is 11.8. The van der Waals surface area contributed by atoms with Gasteiger partial charge in [0.05, 0.1) is 18.0 Å². The smallest absolute Gasteiger partial charge is 0.0835 e. The van der Waals surface area contributed by atoms with Crippen LogP contribution in [0.25, 0.3) is 5.69 Å². The molecule has 1 atom stereocenters. The quantitative estimate of drug-likeness (QED) is 0.901. The Balaban J connectivity index is 2.05. The number of aliphatic hydroxyl groups is 1. The highest BCUT2D eigenvalue weighted by Gasteiger charge is 2.33. The molecule has 0 aromatic carbocycles. The lowest BCUT2D eigenvalue weighted by molar-refractivity contribution is 0.0987. The number of aromatic nitrogens is 3. The van der Waals surface area contributed by atoms with E-state index in [9.17, 15) is 5.11 Å². The fraction of sp³-hybridized carbons (Fsp3) is 0.533. The van der Waals surface area contributed by atoms with Gasteiger partial charge in [0, 0.05) is 30.2 Å². The largest absolute Gasteiger partial charge is 0.388 e. The second-order valence-corrected chi connectivity index (χ2v) is 6.20. The number of fused-ring (bicyclic) bond motifs is 1. The first-order valence-electron chi connectivity index (χ1n) is 6.91. The van der Waals surface area contributed by atoms with Crippen molar-refractivity contribution in [1.82, 2.24) is 14.3 Å². The molecule has 0 spiro atoms. The van der Waals surface area contributed by atoms with Crippen LogP contribution in [0.4, 0.5) is 0 Å². The Labute approximate surface area is 113 Å². The van der Waals surface area contributed by atoms with Crippen molar-refractivity contribution in [3.8, 4) is 5.69 Å². The predicted octanol–water partition coefficient (Wildman–Crippen LogP) is 2.70. The summed E-state index contributed by atoms with van der Waals surface area (Å²) in [6, 6.07) is 2.04. The molecule has 2 aromatic heterocycles. The van der Waals surface area contributed by atoms with Gasteiger partial charge in [0.25, 0.3) is 0 Å². The molecule has 0 saturated heterocycles. The Morgan fingerprint density at radius 3 is 2.95 bits per heavy atom. The van der Waals surface area contributed by atoms with Gasteiger partial charge in [-0.25, -0.2) is 0 Å². The molecular formula is C15H21N3O. The van der Waals surface area contributed by atoms with Crippen molar-refractivity contribution in [3.05, 3.63) is 35.9 Å². The first kappa shape index (κ1) is 12.5. The summed E-state index contributed by atoms with van der Waals surface area (Å²) in [5.74, 6) is 0. The summed E-state index contributed by atoms with van der Waals surface area (Å²) in [6.07, 6.45) is 7.46. The topological polar surface area (TPSA) is 43.0 Å². The molecule has 3 rings (SSSR count). The van der Waals surface area contributed by atoms with Crippen LogP contribution in [0.5, 0.6) is 0 Å². The van der Waals surface area contributed by atoms with E-state index in [1.807, 2.05) is 29.3 Å². The van der Waals surface area contributed by atoms with Crippen LogP contribution in [0.2, 0.25) is 0 Å². The molecule has 1 aliphatic rings. The minimum Gasteiger partial charge on any atom is -0.388 e. The fourth-order valence-electron chi connectivity index (χ4n) is 3.02. The van der Waals surface area contributed by atoms with Crippen LogP contribution in [0.15, 0.2) is 24.7 Å². The summed E-state index contributed by atoms with van der Waals surface area (Å²) in [5, 5.41) is 14.6. The molecule has 2 heterocycles. The molecule has 0 bridgehead atoms. The van der Waals surface area contributed by atoms with E-state index < -0.39 is 0 Å². The van der Waals surface area contributed by atoms with Crippen molar-refractivity contribution < 1.29 is 5.11 Å². The molecule has 1 unspecified atom stereocenters. The van der Waals surface area contributed by atoms with Gasteiger partial charge >= 0.3 is 0 Å². The third-order valence-electron chi connectivity index (χ3n) is 4.00. The van der Waals surface area contributed by atoms with Crippen LogP contribution in [-0.4, -0.2) is 19.5 Å². The molecule has 0 fully saturated rings. The van der Waals surface area contributed by atoms with E-state index in [-0.39, 0.29) is 11.5 Å². The monoisotopic (exact) mass is 259 g/mol. The summed E-state index contributed by atoms with van der Waals surface area (Å²) in [4.78, 5) is 0. The van der Waals surface area contributed by atoms with Gasteiger partial charge < -0.3 is 9.67 Å². The number of nitrogens with zero attached hydrogens (tertiary/aromatic N) is 3. The summed E-state index contributed by atoms with van der Waals surface area (Å²) in [5.41, 5.74) is 3.51. The van der Waals surface area contributed by atoms with Crippen LogP contribution < -0.4 is 0 Å². The van der Waals surface area contributed by atoms with Gasteiger partial charge in [-0.1, -0.05) is 13.8 Å². The zero-order valence-electron chi connectivity index (χ0n) is 11.8. The van der Waals surface area contributed by atoms with Gasteiger partial charge in [-0.2, -0.15) is 5.10 Å². The highest BCUT2D eigenvalue weighted by Crippen LogP contribution is 2.41. The molecule has 0 saturated carbocycles. The van der Waals surface area contributed by atoms with E-state index in [0.717, 1.165) is 30.6 Å².